The monoisotopic (exact) mass is 121 g/mol. The van der Waals surface area contributed by atoms with E-state index < -0.39 is 0 Å². The molecular formula is C6H5N2O. The zero-order valence-electron chi connectivity index (χ0n) is 4.66. The van der Waals surface area contributed by atoms with Gasteiger partial charge in [-0.25, -0.2) is 4.98 Å². The van der Waals surface area contributed by atoms with Crippen LogP contribution in [0.25, 0.3) is 6.08 Å². The van der Waals surface area contributed by atoms with Crippen molar-refractivity contribution >= 4 is 12.4 Å². The maximum absolute atomic E-state index is 9.65. The SMILES string of the molecule is O=[C]C=Cc1c[nH]cn1. The lowest BCUT2D eigenvalue weighted by Crippen LogP contribution is -1.66. The molecule has 0 aromatic carbocycles. The third kappa shape index (κ3) is 1.53. The molecule has 3 heteroatoms. The average Bonchev–Trinajstić information content (AvgIpc) is 2.34. The Morgan fingerprint density at radius 3 is 3.22 bits per heavy atom. The lowest BCUT2D eigenvalue weighted by molar-refractivity contribution is 0.564. The van der Waals surface area contributed by atoms with Crippen LogP contribution in [0.2, 0.25) is 0 Å². The molecule has 9 heavy (non-hydrogen) atoms. The average molecular weight is 121 g/mol. The Labute approximate surface area is 52.4 Å². The van der Waals surface area contributed by atoms with Gasteiger partial charge in [0.05, 0.1) is 12.0 Å². The van der Waals surface area contributed by atoms with Gasteiger partial charge < -0.3 is 4.98 Å². The summed E-state index contributed by atoms with van der Waals surface area (Å²) in [4.78, 5) is 16.2. The molecule has 1 radical (unpaired) electrons. The van der Waals surface area contributed by atoms with E-state index in [1.807, 2.05) is 0 Å². The number of imidazole rings is 1. The van der Waals surface area contributed by atoms with Gasteiger partial charge in [-0.1, -0.05) is 0 Å². The molecule has 0 saturated heterocycles. The number of hydrogen-bond donors (Lipinski definition) is 1. The lowest BCUT2D eigenvalue weighted by atomic mass is 10.4. The first-order valence-electron chi connectivity index (χ1n) is 2.46. The molecule has 1 aromatic rings. The second-order valence-electron chi connectivity index (χ2n) is 1.45. The molecule has 3 nitrogen and oxygen atoms in total. The van der Waals surface area contributed by atoms with Gasteiger partial charge in [0.2, 0.25) is 6.29 Å². The third-order valence-corrected chi connectivity index (χ3v) is 0.842. The maximum atomic E-state index is 9.65. The van der Waals surface area contributed by atoms with Crippen molar-refractivity contribution < 1.29 is 4.79 Å². The highest BCUT2D eigenvalue weighted by atomic mass is 16.1. The van der Waals surface area contributed by atoms with Gasteiger partial charge in [0.1, 0.15) is 0 Å². The van der Waals surface area contributed by atoms with E-state index in [1.54, 1.807) is 24.9 Å². The highest BCUT2D eigenvalue weighted by molar-refractivity contribution is 5.73. The third-order valence-electron chi connectivity index (χ3n) is 0.842. The Hall–Kier alpha value is -1.38. The molecule has 1 rings (SSSR count). The van der Waals surface area contributed by atoms with E-state index in [2.05, 4.69) is 9.97 Å². The summed E-state index contributed by atoms with van der Waals surface area (Å²) in [6.45, 7) is 0. The molecule has 0 fully saturated rings. The molecule has 0 atom stereocenters. The fraction of sp³-hybridized carbons (Fsp3) is 0. The van der Waals surface area contributed by atoms with Gasteiger partial charge in [-0.2, -0.15) is 0 Å². The number of nitrogens with zero attached hydrogens (tertiary/aromatic N) is 1. The quantitative estimate of drug-likeness (QED) is 0.580. The largest absolute Gasteiger partial charge is 0.351 e. The Balaban J connectivity index is 2.67. The summed E-state index contributed by atoms with van der Waals surface area (Å²) in [6.07, 6.45) is 7.70. The first-order chi connectivity index (χ1) is 4.43. The number of hydrogen-bond acceptors (Lipinski definition) is 2. The van der Waals surface area contributed by atoms with Crippen molar-refractivity contribution in [3.8, 4) is 0 Å². The van der Waals surface area contributed by atoms with Crippen molar-refractivity contribution in [2.75, 3.05) is 0 Å². The van der Waals surface area contributed by atoms with Crippen molar-refractivity contribution in [1.82, 2.24) is 9.97 Å². The summed E-state index contributed by atoms with van der Waals surface area (Å²) in [7, 11) is 0. The number of carbonyl (C=O) groups excluding carboxylic acids is 1. The molecule has 0 aliphatic rings. The first-order valence-corrected chi connectivity index (χ1v) is 2.46. The van der Waals surface area contributed by atoms with Crippen LogP contribution in [0.1, 0.15) is 5.69 Å². The van der Waals surface area contributed by atoms with E-state index in [0.717, 1.165) is 5.69 Å². The molecule has 1 N–H and O–H groups in total. The molecule has 1 heterocycles. The topological polar surface area (TPSA) is 45.8 Å². The summed E-state index contributed by atoms with van der Waals surface area (Å²) < 4.78 is 0. The number of aromatic nitrogens is 2. The lowest BCUT2D eigenvalue weighted by Gasteiger charge is -1.73. The van der Waals surface area contributed by atoms with E-state index in [4.69, 9.17) is 0 Å². The second kappa shape index (κ2) is 2.81. The minimum atomic E-state index is 0.735. The molecular weight excluding hydrogens is 116 g/mol. The van der Waals surface area contributed by atoms with E-state index in [-0.39, 0.29) is 0 Å². The van der Waals surface area contributed by atoms with Crippen molar-refractivity contribution in [1.29, 1.82) is 0 Å². The normalized spacial score (nSPS) is 10.2. The smallest absolute Gasteiger partial charge is 0.225 e. The predicted octanol–water partition coefficient (Wildman–Crippen LogP) is 0.533. The first kappa shape index (κ1) is 5.75. The summed E-state index contributed by atoms with van der Waals surface area (Å²) >= 11 is 0. The fourth-order valence-corrected chi connectivity index (χ4v) is 0.482. The predicted molar refractivity (Wildman–Crippen MR) is 33.3 cm³/mol. The fourth-order valence-electron chi connectivity index (χ4n) is 0.482. The number of aromatic amines is 1. The minimum absolute atomic E-state index is 0.735. The molecule has 0 saturated carbocycles. The highest BCUT2D eigenvalue weighted by Crippen LogP contribution is 1.91. The van der Waals surface area contributed by atoms with Crippen LogP contribution in [-0.4, -0.2) is 16.3 Å². The highest BCUT2D eigenvalue weighted by Gasteiger charge is 1.82. The Morgan fingerprint density at radius 1 is 1.78 bits per heavy atom. The van der Waals surface area contributed by atoms with Crippen LogP contribution >= 0.6 is 0 Å². The number of H-pyrrole nitrogens is 1. The van der Waals surface area contributed by atoms with Crippen LogP contribution in [-0.2, 0) is 4.79 Å². The molecule has 0 aliphatic heterocycles. The number of rotatable bonds is 2. The summed E-state index contributed by atoms with van der Waals surface area (Å²) in [5.41, 5.74) is 0.735. The molecule has 1 aromatic heterocycles. The van der Waals surface area contributed by atoms with Crippen LogP contribution in [0.4, 0.5) is 0 Å². The van der Waals surface area contributed by atoms with E-state index >= 15 is 0 Å². The van der Waals surface area contributed by atoms with Gasteiger partial charge in [-0.05, 0) is 12.2 Å². The molecule has 0 aliphatic carbocycles. The molecule has 0 spiro atoms. The zero-order valence-corrected chi connectivity index (χ0v) is 4.66. The van der Waals surface area contributed by atoms with Crippen LogP contribution in [0, 0.1) is 0 Å². The van der Waals surface area contributed by atoms with Crippen LogP contribution in [0.15, 0.2) is 18.6 Å². The Kier molecular flexibility index (Phi) is 1.80. The van der Waals surface area contributed by atoms with E-state index in [1.165, 1.54) is 6.08 Å². The summed E-state index contributed by atoms with van der Waals surface area (Å²) in [5.74, 6) is 0. The van der Waals surface area contributed by atoms with Gasteiger partial charge >= 0.3 is 0 Å². The molecule has 0 unspecified atom stereocenters. The molecule has 0 amide bonds. The van der Waals surface area contributed by atoms with Crippen molar-refractivity contribution in [2.24, 2.45) is 0 Å². The maximum Gasteiger partial charge on any atom is 0.225 e. The van der Waals surface area contributed by atoms with E-state index in [0.29, 0.717) is 0 Å². The van der Waals surface area contributed by atoms with Gasteiger partial charge in [0.25, 0.3) is 0 Å². The van der Waals surface area contributed by atoms with Crippen molar-refractivity contribution in [2.45, 2.75) is 0 Å². The van der Waals surface area contributed by atoms with Crippen molar-refractivity contribution in [3.05, 3.63) is 24.3 Å². The van der Waals surface area contributed by atoms with Gasteiger partial charge in [-0.3, -0.25) is 4.79 Å². The number of nitrogens with one attached hydrogen (secondary N) is 1. The zero-order chi connectivity index (χ0) is 6.53. The van der Waals surface area contributed by atoms with E-state index in [9.17, 15) is 4.79 Å². The molecule has 0 bridgehead atoms. The molecule has 45 valence electrons. The van der Waals surface area contributed by atoms with Crippen LogP contribution < -0.4 is 0 Å². The van der Waals surface area contributed by atoms with Crippen LogP contribution in [0.5, 0.6) is 0 Å². The minimum Gasteiger partial charge on any atom is -0.351 e. The summed E-state index contributed by atoms with van der Waals surface area (Å²) in [6, 6.07) is 0. The standard InChI is InChI=1S/C6H5N2O/c9-3-1-2-6-4-7-5-8-6/h1-2,4-5H,(H,7,8). The van der Waals surface area contributed by atoms with Crippen LogP contribution in [0.3, 0.4) is 0 Å². The van der Waals surface area contributed by atoms with Gasteiger partial charge in [0, 0.05) is 6.20 Å². The van der Waals surface area contributed by atoms with Gasteiger partial charge in [-0.15, -0.1) is 0 Å². The second-order valence-corrected chi connectivity index (χ2v) is 1.45. The Morgan fingerprint density at radius 2 is 2.67 bits per heavy atom. The van der Waals surface area contributed by atoms with Gasteiger partial charge in [0.15, 0.2) is 0 Å². The number of allylic oxidation sites excluding steroid dienone is 1. The Bertz CT molecular complexity index is 201. The van der Waals surface area contributed by atoms with Crippen molar-refractivity contribution in [3.63, 3.8) is 0 Å². The summed E-state index contributed by atoms with van der Waals surface area (Å²) in [5, 5.41) is 0.